The van der Waals surface area contributed by atoms with Crippen LogP contribution in [0.1, 0.15) is 98.8 Å². The van der Waals surface area contributed by atoms with Gasteiger partial charge in [-0.05, 0) is 123 Å². The van der Waals surface area contributed by atoms with Gasteiger partial charge in [0.2, 0.25) is 0 Å². The van der Waals surface area contributed by atoms with E-state index in [0.29, 0.717) is 28.1 Å². The Morgan fingerprint density at radius 2 is 1.57 bits per heavy atom. The van der Waals surface area contributed by atoms with Crippen molar-refractivity contribution in [3.05, 3.63) is 0 Å². The number of hydrogen-bond acceptors (Lipinski definition) is 5. The molecule has 5 nitrogen and oxygen atoms in total. The van der Waals surface area contributed by atoms with Gasteiger partial charge < -0.3 is 19.3 Å². The summed E-state index contributed by atoms with van der Waals surface area (Å²) in [6, 6.07) is 0. The molecule has 11 atom stereocenters. The maximum absolute atomic E-state index is 11.9. The number of carbonyl (C=O) groups is 1. The summed E-state index contributed by atoms with van der Waals surface area (Å²) < 4.78 is 17.9. The van der Waals surface area contributed by atoms with Crippen LogP contribution in [0.5, 0.6) is 0 Å². The lowest BCUT2D eigenvalue weighted by molar-refractivity contribution is -0.148. The molecular formula is C29H46O5S. The lowest BCUT2D eigenvalue weighted by Gasteiger charge is -2.59. The highest BCUT2D eigenvalue weighted by molar-refractivity contribution is 7.59. The normalized spacial score (nSPS) is 56.7. The third-order valence-corrected chi connectivity index (χ3v) is 13.2. The van der Waals surface area contributed by atoms with Crippen molar-refractivity contribution in [3.8, 4) is 0 Å². The number of aliphatic hydroxyl groups is 1. The predicted molar refractivity (Wildman–Crippen MR) is 137 cm³/mol. The molecule has 9 unspecified atom stereocenters. The van der Waals surface area contributed by atoms with E-state index in [1.807, 2.05) is 13.8 Å². The molecule has 2 heterocycles. The monoisotopic (exact) mass is 506 g/mol. The van der Waals surface area contributed by atoms with E-state index in [4.69, 9.17) is 14.2 Å². The van der Waals surface area contributed by atoms with E-state index in [9.17, 15) is 9.90 Å². The standard InChI is InChI=1S/C29H44O5.H2S/c1-25(2)21-9-7-16-18-14-20-17(6-8-19(32-20)23-26(3,4)34-24(31)33-23)27(18,5)12-13-28(16)15-29(21,28)11-10-22(25)30;/h16-23,30H,6-15H2,1-5H3;1H2/t16?,17?,18?,19?,20?,21?,22-,23-,27?,28?,29?;/m0./s1. The molecule has 7 fully saturated rings. The molecule has 0 aromatic rings. The van der Waals surface area contributed by atoms with Gasteiger partial charge in [0.25, 0.3) is 0 Å². The van der Waals surface area contributed by atoms with Gasteiger partial charge in [0.15, 0.2) is 6.10 Å². The van der Waals surface area contributed by atoms with Gasteiger partial charge >= 0.3 is 6.16 Å². The summed E-state index contributed by atoms with van der Waals surface area (Å²) in [4.78, 5) is 11.9. The summed E-state index contributed by atoms with van der Waals surface area (Å²) in [5, 5.41) is 10.8. The highest BCUT2D eigenvalue weighted by Crippen LogP contribution is 2.87. The predicted octanol–water partition coefficient (Wildman–Crippen LogP) is 5.98. The fourth-order valence-corrected chi connectivity index (χ4v) is 11.6. The van der Waals surface area contributed by atoms with Crippen LogP contribution in [0.4, 0.5) is 4.79 Å². The van der Waals surface area contributed by atoms with Crippen LogP contribution in [0.25, 0.3) is 0 Å². The highest BCUT2D eigenvalue weighted by atomic mass is 32.1. The summed E-state index contributed by atoms with van der Waals surface area (Å²) in [6.45, 7) is 11.2. The Balaban J connectivity index is 0.00000229. The van der Waals surface area contributed by atoms with Crippen LogP contribution < -0.4 is 0 Å². The summed E-state index contributed by atoms with van der Waals surface area (Å²) in [5.41, 5.74) is 0.841. The quantitative estimate of drug-likeness (QED) is 0.443. The first kappa shape index (κ1) is 24.9. The number of hydrogen-bond donors (Lipinski definition) is 1. The number of carbonyl (C=O) groups excluding carboxylic acids is 1. The Labute approximate surface area is 217 Å². The molecule has 0 bridgehead atoms. The van der Waals surface area contributed by atoms with Gasteiger partial charge in [0, 0.05) is 0 Å². The average molecular weight is 507 g/mol. The molecule has 5 aliphatic carbocycles. The first-order valence-electron chi connectivity index (χ1n) is 14.2. The van der Waals surface area contributed by atoms with E-state index in [1.54, 1.807) is 0 Å². The van der Waals surface area contributed by atoms with Crippen molar-refractivity contribution in [2.45, 2.75) is 129 Å². The molecule has 7 aliphatic rings. The second kappa shape index (κ2) is 7.34. The Bertz CT molecular complexity index is 919. The topological polar surface area (TPSA) is 65.0 Å². The largest absolute Gasteiger partial charge is 0.509 e. The molecule has 198 valence electrons. The number of fused-ring (bicyclic) bond motifs is 4. The second-order valence-corrected chi connectivity index (χ2v) is 14.8. The van der Waals surface area contributed by atoms with Crippen LogP contribution in [-0.4, -0.2) is 41.3 Å². The molecule has 6 heteroatoms. The number of aliphatic hydroxyl groups excluding tert-OH is 1. The minimum atomic E-state index is -0.620. The Hall–Kier alpha value is -0.460. The van der Waals surface area contributed by atoms with E-state index in [0.717, 1.165) is 24.7 Å². The van der Waals surface area contributed by atoms with Gasteiger partial charge in [-0.15, -0.1) is 0 Å². The molecule has 0 aromatic heterocycles. The minimum Gasteiger partial charge on any atom is -0.424 e. The number of rotatable bonds is 1. The zero-order valence-corrected chi connectivity index (χ0v) is 23.3. The number of cyclic esters (lactones) is 2. The summed E-state index contributed by atoms with van der Waals surface area (Å²) in [7, 11) is 0. The van der Waals surface area contributed by atoms with Gasteiger partial charge in [-0.2, -0.15) is 13.5 Å². The van der Waals surface area contributed by atoms with Crippen LogP contribution in [-0.2, 0) is 14.2 Å². The van der Waals surface area contributed by atoms with Crippen LogP contribution in [0.15, 0.2) is 0 Å². The van der Waals surface area contributed by atoms with Gasteiger partial charge in [0.1, 0.15) is 5.60 Å². The molecule has 2 aliphatic heterocycles. The van der Waals surface area contributed by atoms with Gasteiger partial charge in [-0.1, -0.05) is 20.8 Å². The first-order chi connectivity index (χ1) is 15.9. The van der Waals surface area contributed by atoms with E-state index >= 15 is 0 Å². The van der Waals surface area contributed by atoms with Gasteiger partial charge in [-0.25, -0.2) is 4.79 Å². The van der Waals surface area contributed by atoms with Gasteiger partial charge in [0.05, 0.1) is 18.3 Å². The molecule has 1 N–H and O–H groups in total. The molecule has 2 saturated heterocycles. The molecular weight excluding hydrogens is 460 g/mol. The van der Waals surface area contributed by atoms with Crippen LogP contribution in [0.2, 0.25) is 0 Å². The average Bonchev–Trinajstić information content (AvgIpc) is 3.22. The fourth-order valence-electron chi connectivity index (χ4n) is 11.6. The Morgan fingerprint density at radius 3 is 2.29 bits per heavy atom. The van der Waals surface area contributed by atoms with Crippen molar-refractivity contribution in [1.29, 1.82) is 0 Å². The summed E-state index contributed by atoms with van der Waals surface area (Å²) in [6.07, 6.45) is 11.6. The zero-order chi connectivity index (χ0) is 23.9. The van der Waals surface area contributed by atoms with Crippen LogP contribution in [0.3, 0.4) is 0 Å². The summed E-state index contributed by atoms with van der Waals surface area (Å²) >= 11 is 0. The van der Waals surface area contributed by atoms with E-state index in [-0.39, 0.29) is 43.3 Å². The van der Waals surface area contributed by atoms with E-state index in [2.05, 4.69) is 20.8 Å². The highest BCUT2D eigenvalue weighted by Gasteiger charge is 2.80. The van der Waals surface area contributed by atoms with Crippen molar-refractivity contribution in [1.82, 2.24) is 0 Å². The lowest BCUT2D eigenvalue weighted by Crippen LogP contribution is -2.54. The van der Waals surface area contributed by atoms with E-state index < -0.39 is 11.8 Å². The van der Waals surface area contributed by atoms with Crippen LogP contribution >= 0.6 is 13.5 Å². The summed E-state index contributed by atoms with van der Waals surface area (Å²) in [5.74, 6) is 2.89. The van der Waals surface area contributed by atoms with Crippen molar-refractivity contribution in [2.24, 2.45) is 45.3 Å². The smallest absolute Gasteiger partial charge is 0.424 e. The van der Waals surface area contributed by atoms with Crippen molar-refractivity contribution < 1.29 is 24.1 Å². The minimum absolute atomic E-state index is 0. The van der Waals surface area contributed by atoms with Crippen molar-refractivity contribution in [2.75, 3.05) is 0 Å². The second-order valence-electron chi connectivity index (χ2n) is 14.8. The molecule has 0 aromatic carbocycles. The Morgan fingerprint density at radius 1 is 0.829 bits per heavy atom. The number of ether oxygens (including phenoxy) is 3. The molecule has 35 heavy (non-hydrogen) atoms. The van der Waals surface area contributed by atoms with Crippen LogP contribution in [0, 0.1) is 45.3 Å². The SMILES string of the molecule is CC12CCC34CC35CC[C@H](O)C(C)(C)C5CCC4C1CC1OC([C@@H]3OC(=O)OC3(C)C)CCC12.S. The molecule has 0 radical (unpaired) electrons. The maximum Gasteiger partial charge on any atom is 0.509 e. The first-order valence-corrected chi connectivity index (χ1v) is 14.2. The zero-order valence-electron chi connectivity index (χ0n) is 22.3. The van der Waals surface area contributed by atoms with Crippen molar-refractivity contribution >= 4 is 19.7 Å². The molecule has 5 saturated carbocycles. The fraction of sp³-hybridized carbons (Fsp3) is 0.966. The lowest BCUT2D eigenvalue weighted by atomic mass is 9.46. The molecule has 2 spiro atoms. The van der Waals surface area contributed by atoms with Gasteiger partial charge in [-0.3, -0.25) is 0 Å². The maximum atomic E-state index is 11.9. The molecule has 7 rings (SSSR count). The third-order valence-electron chi connectivity index (χ3n) is 13.2. The third kappa shape index (κ3) is 2.94. The van der Waals surface area contributed by atoms with E-state index in [1.165, 1.54) is 51.4 Å². The Kier molecular flexibility index (Phi) is 5.21. The van der Waals surface area contributed by atoms with Crippen molar-refractivity contribution in [3.63, 3.8) is 0 Å². The molecule has 0 amide bonds.